The van der Waals surface area contributed by atoms with Gasteiger partial charge >= 0.3 is 6.09 Å². The SMILES string of the molecule is CCNC(=O)C[C@H](NC(=O)OCC1c2ccccc2-c2ccccc21)c1ccccc1[N+](=O)[O-]. The van der Waals surface area contributed by atoms with Gasteiger partial charge < -0.3 is 15.4 Å². The van der Waals surface area contributed by atoms with Crippen molar-refractivity contribution in [1.82, 2.24) is 10.6 Å². The molecule has 3 aromatic rings. The van der Waals surface area contributed by atoms with Gasteiger partial charge in [0.1, 0.15) is 6.61 Å². The molecule has 34 heavy (non-hydrogen) atoms. The number of amides is 2. The molecule has 8 nitrogen and oxygen atoms in total. The van der Waals surface area contributed by atoms with Crippen LogP contribution in [0.15, 0.2) is 72.8 Å². The van der Waals surface area contributed by atoms with Gasteiger partial charge in [-0.2, -0.15) is 0 Å². The van der Waals surface area contributed by atoms with Crippen LogP contribution in [0.3, 0.4) is 0 Å². The molecule has 8 heteroatoms. The number of alkyl carbamates (subject to hydrolysis) is 1. The molecule has 0 heterocycles. The second kappa shape index (κ2) is 10.2. The van der Waals surface area contributed by atoms with Crippen LogP contribution in [0.4, 0.5) is 10.5 Å². The Balaban J connectivity index is 1.52. The van der Waals surface area contributed by atoms with Gasteiger partial charge in [-0.1, -0.05) is 66.7 Å². The molecule has 0 unspecified atom stereocenters. The monoisotopic (exact) mass is 459 g/mol. The number of hydrogen-bond donors (Lipinski definition) is 2. The fourth-order valence-corrected chi connectivity index (χ4v) is 4.42. The van der Waals surface area contributed by atoms with E-state index in [-0.39, 0.29) is 36.1 Å². The summed E-state index contributed by atoms with van der Waals surface area (Å²) in [5.41, 5.74) is 4.45. The first kappa shape index (κ1) is 23.0. The van der Waals surface area contributed by atoms with Crippen molar-refractivity contribution in [3.8, 4) is 11.1 Å². The van der Waals surface area contributed by atoms with E-state index >= 15 is 0 Å². The van der Waals surface area contributed by atoms with Gasteiger partial charge in [0.2, 0.25) is 5.91 Å². The molecule has 0 fully saturated rings. The molecule has 1 aliphatic carbocycles. The molecule has 1 atom stereocenters. The van der Waals surface area contributed by atoms with Gasteiger partial charge in [-0.3, -0.25) is 14.9 Å². The third kappa shape index (κ3) is 4.76. The lowest BCUT2D eigenvalue weighted by Crippen LogP contribution is -2.35. The van der Waals surface area contributed by atoms with E-state index in [0.29, 0.717) is 6.54 Å². The molecular weight excluding hydrogens is 434 g/mol. The van der Waals surface area contributed by atoms with Gasteiger partial charge in [0.05, 0.1) is 22.9 Å². The summed E-state index contributed by atoms with van der Waals surface area (Å²) in [6.07, 6.45) is -0.891. The summed E-state index contributed by atoms with van der Waals surface area (Å²) in [7, 11) is 0. The van der Waals surface area contributed by atoms with Crippen molar-refractivity contribution in [2.45, 2.75) is 25.3 Å². The third-order valence-corrected chi connectivity index (χ3v) is 5.91. The number of nitrogens with zero attached hydrogens (tertiary/aromatic N) is 1. The first-order valence-electron chi connectivity index (χ1n) is 11.1. The molecule has 4 rings (SSSR count). The van der Waals surface area contributed by atoms with E-state index in [1.165, 1.54) is 18.2 Å². The maximum atomic E-state index is 12.8. The number of carbonyl (C=O) groups is 2. The summed E-state index contributed by atoms with van der Waals surface area (Å²) in [4.78, 5) is 36.0. The van der Waals surface area contributed by atoms with Crippen molar-refractivity contribution in [3.63, 3.8) is 0 Å². The van der Waals surface area contributed by atoms with Crippen LogP contribution in [-0.2, 0) is 9.53 Å². The molecule has 0 saturated carbocycles. The molecule has 0 bridgehead atoms. The van der Waals surface area contributed by atoms with Gasteiger partial charge in [-0.25, -0.2) is 4.79 Å². The topological polar surface area (TPSA) is 111 Å². The standard InChI is InChI=1S/C26H25N3O5/c1-2-27-25(30)15-23(21-13-7-8-14-24(21)29(32)33)28-26(31)34-16-22-19-11-5-3-9-17(19)18-10-4-6-12-20(18)22/h3-14,22-23H,2,15-16H2,1H3,(H,27,30)(H,28,31)/t23-/m0/s1. The van der Waals surface area contributed by atoms with E-state index in [9.17, 15) is 19.7 Å². The molecule has 174 valence electrons. The average molecular weight is 460 g/mol. The zero-order valence-electron chi connectivity index (χ0n) is 18.7. The zero-order chi connectivity index (χ0) is 24.1. The summed E-state index contributed by atoms with van der Waals surface area (Å²) in [6, 6.07) is 21.1. The normalized spacial score (nSPS) is 12.9. The van der Waals surface area contributed by atoms with Crippen molar-refractivity contribution in [1.29, 1.82) is 0 Å². The number of para-hydroxylation sites is 1. The van der Waals surface area contributed by atoms with Crippen molar-refractivity contribution in [2.24, 2.45) is 0 Å². The number of nitrogens with one attached hydrogen (secondary N) is 2. The van der Waals surface area contributed by atoms with Gasteiger partial charge in [0, 0.05) is 18.5 Å². The lowest BCUT2D eigenvalue weighted by molar-refractivity contribution is -0.385. The maximum absolute atomic E-state index is 12.8. The number of nitro groups is 1. The predicted octanol–water partition coefficient (Wildman–Crippen LogP) is 4.70. The number of hydrogen-bond acceptors (Lipinski definition) is 5. The molecule has 3 aromatic carbocycles. The van der Waals surface area contributed by atoms with Crippen molar-refractivity contribution >= 4 is 17.7 Å². The van der Waals surface area contributed by atoms with Crippen LogP contribution in [0.25, 0.3) is 11.1 Å². The molecule has 2 N–H and O–H groups in total. The van der Waals surface area contributed by atoms with Crippen LogP contribution in [-0.4, -0.2) is 30.1 Å². The van der Waals surface area contributed by atoms with Crippen molar-refractivity contribution in [2.75, 3.05) is 13.2 Å². The second-order valence-corrected chi connectivity index (χ2v) is 8.00. The van der Waals surface area contributed by atoms with Crippen LogP contribution in [0.1, 0.15) is 42.0 Å². The summed E-state index contributed by atoms with van der Waals surface area (Å²) >= 11 is 0. The van der Waals surface area contributed by atoms with E-state index < -0.39 is 17.1 Å². The van der Waals surface area contributed by atoms with E-state index in [1.54, 1.807) is 13.0 Å². The number of ether oxygens (including phenoxy) is 1. The Bertz CT molecular complexity index is 1180. The minimum Gasteiger partial charge on any atom is -0.449 e. The van der Waals surface area contributed by atoms with Gasteiger partial charge in [-0.15, -0.1) is 0 Å². The minimum absolute atomic E-state index is 0.102. The molecule has 0 spiro atoms. The molecular formula is C26H25N3O5. The largest absolute Gasteiger partial charge is 0.449 e. The quantitative estimate of drug-likeness (QED) is 0.375. The summed E-state index contributed by atoms with van der Waals surface area (Å²) < 4.78 is 5.58. The summed E-state index contributed by atoms with van der Waals surface area (Å²) in [5.74, 6) is -0.448. The Kier molecular flexibility index (Phi) is 6.87. The van der Waals surface area contributed by atoms with Crippen LogP contribution >= 0.6 is 0 Å². The predicted molar refractivity (Wildman–Crippen MR) is 127 cm³/mol. The van der Waals surface area contributed by atoms with Crippen LogP contribution in [0.5, 0.6) is 0 Å². The number of carbonyl (C=O) groups excluding carboxylic acids is 2. The van der Waals surface area contributed by atoms with Crippen LogP contribution < -0.4 is 10.6 Å². The lowest BCUT2D eigenvalue weighted by Gasteiger charge is -2.20. The Morgan fingerprint density at radius 1 is 0.971 bits per heavy atom. The number of fused-ring (bicyclic) bond motifs is 3. The fourth-order valence-electron chi connectivity index (χ4n) is 4.42. The maximum Gasteiger partial charge on any atom is 0.407 e. The van der Waals surface area contributed by atoms with Crippen molar-refractivity contribution < 1.29 is 19.2 Å². The number of nitro benzene ring substituents is 1. The number of benzene rings is 3. The number of rotatable bonds is 8. The molecule has 0 radical (unpaired) electrons. The molecule has 1 aliphatic rings. The highest BCUT2D eigenvalue weighted by atomic mass is 16.6. The fraction of sp³-hybridized carbons (Fsp3) is 0.231. The van der Waals surface area contributed by atoms with E-state index in [1.807, 2.05) is 48.5 Å². The van der Waals surface area contributed by atoms with Gasteiger partial charge in [0.15, 0.2) is 0 Å². The highest BCUT2D eigenvalue weighted by Gasteiger charge is 2.30. The van der Waals surface area contributed by atoms with Gasteiger partial charge in [0.25, 0.3) is 5.69 Å². The summed E-state index contributed by atoms with van der Waals surface area (Å²) in [6.45, 7) is 2.29. The Morgan fingerprint density at radius 3 is 2.18 bits per heavy atom. The molecule has 0 saturated heterocycles. The average Bonchev–Trinajstić information content (AvgIpc) is 3.16. The highest BCUT2D eigenvalue weighted by Crippen LogP contribution is 2.44. The zero-order valence-corrected chi connectivity index (χ0v) is 18.7. The lowest BCUT2D eigenvalue weighted by atomic mass is 9.98. The van der Waals surface area contributed by atoms with Gasteiger partial charge in [-0.05, 0) is 29.2 Å². The van der Waals surface area contributed by atoms with E-state index in [0.717, 1.165) is 22.3 Å². The second-order valence-electron chi connectivity index (χ2n) is 8.00. The van der Waals surface area contributed by atoms with E-state index in [4.69, 9.17) is 4.74 Å². The minimum atomic E-state index is -0.913. The van der Waals surface area contributed by atoms with Crippen LogP contribution in [0.2, 0.25) is 0 Å². The smallest absolute Gasteiger partial charge is 0.407 e. The molecule has 2 amide bonds. The first-order chi connectivity index (χ1) is 16.5. The molecule has 0 aromatic heterocycles. The summed E-state index contributed by atoms with van der Waals surface area (Å²) in [5, 5.41) is 16.8. The Morgan fingerprint density at radius 2 is 1.56 bits per heavy atom. The molecule has 0 aliphatic heterocycles. The first-order valence-corrected chi connectivity index (χ1v) is 11.1. The Hall–Kier alpha value is -4.20. The van der Waals surface area contributed by atoms with Crippen molar-refractivity contribution in [3.05, 3.63) is 99.6 Å². The van der Waals surface area contributed by atoms with Crippen LogP contribution in [0, 0.1) is 10.1 Å². The third-order valence-electron chi connectivity index (χ3n) is 5.91. The highest BCUT2D eigenvalue weighted by molar-refractivity contribution is 5.80. The van der Waals surface area contributed by atoms with E-state index in [2.05, 4.69) is 10.6 Å². The Labute approximate surface area is 197 Å².